The Kier molecular flexibility index (Phi) is 3.40. The lowest BCUT2D eigenvalue weighted by molar-refractivity contribution is 0.219. The van der Waals surface area contributed by atoms with Gasteiger partial charge < -0.3 is 5.73 Å². The fraction of sp³-hybridized carbons (Fsp3) is 0.625. The third-order valence-electron chi connectivity index (χ3n) is 4.50. The second kappa shape index (κ2) is 5.02. The number of benzene rings is 1. The van der Waals surface area contributed by atoms with E-state index in [1.165, 1.54) is 50.8 Å². The maximum atomic E-state index is 6.25. The van der Waals surface area contributed by atoms with Crippen LogP contribution in [0.15, 0.2) is 18.2 Å². The van der Waals surface area contributed by atoms with Gasteiger partial charge >= 0.3 is 0 Å². The maximum Gasteiger partial charge on any atom is 0.0496 e. The lowest BCUT2D eigenvalue weighted by atomic mass is 9.96. The molecule has 1 heterocycles. The first kappa shape index (κ1) is 12.2. The van der Waals surface area contributed by atoms with Gasteiger partial charge in [0.15, 0.2) is 0 Å². The highest BCUT2D eigenvalue weighted by Gasteiger charge is 2.27. The maximum absolute atomic E-state index is 6.25. The topological polar surface area (TPSA) is 29.3 Å². The van der Waals surface area contributed by atoms with Crippen LogP contribution in [0, 0.1) is 0 Å². The predicted octanol–water partition coefficient (Wildman–Crippen LogP) is 2.66. The van der Waals surface area contributed by atoms with Crippen molar-refractivity contribution in [2.45, 2.75) is 51.1 Å². The van der Waals surface area contributed by atoms with Crippen LogP contribution in [0.5, 0.6) is 0 Å². The van der Waals surface area contributed by atoms with E-state index in [0.717, 1.165) is 0 Å². The molecule has 0 spiro atoms. The minimum atomic E-state index is 0.211. The molecule has 0 radical (unpaired) electrons. The summed E-state index contributed by atoms with van der Waals surface area (Å²) in [6.45, 7) is 4.57. The molecule has 0 bridgehead atoms. The van der Waals surface area contributed by atoms with Crippen LogP contribution in [0.3, 0.4) is 0 Å². The summed E-state index contributed by atoms with van der Waals surface area (Å²) in [7, 11) is 0. The van der Waals surface area contributed by atoms with E-state index in [1.807, 2.05) is 0 Å². The Bertz CT molecular complexity index is 419. The number of nitrogens with two attached hydrogens (primary N) is 1. The average Bonchev–Trinajstić information content (AvgIpc) is 2.98. The van der Waals surface area contributed by atoms with Crippen LogP contribution in [-0.2, 0) is 12.8 Å². The first-order chi connectivity index (χ1) is 8.75. The molecule has 1 aliphatic heterocycles. The van der Waals surface area contributed by atoms with Crippen LogP contribution in [0.25, 0.3) is 0 Å². The van der Waals surface area contributed by atoms with Crippen molar-refractivity contribution >= 4 is 0 Å². The van der Waals surface area contributed by atoms with Crippen molar-refractivity contribution in [1.82, 2.24) is 4.90 Å². The summed E-state index contributed by atoms with van der Waals surface area (Å²) < 4.78 is 0. The number of hydrogen-bond acceptors (Lipinski definition) is 2. The van der Waals surface area contributed by atoms with Crippen molar-refractivity contribution in [3.8, 4) is 0 Å². The Hall–Kier alpha value is -0.860. The molecule has 1 aromatic carbocycles. The number of aryl methyl sites for hydroxylation is 2. The van der Waals surface area contributed by atoms with Gasteiger partial charge in [-0.25, -0.2) is 0 Å². The molecule has 3 rings (SSSR count). The van der Waals surface area contributed by atoms with E-state index in [9.17, 15) is 0 Å². The molecule has 0 aromatic heterocycles. The van der Waals surface area contributed by atoms with Gasteiger partial charge in [-0.2, -0.15) is 0 Å². The Balaban J connectivity index is 1.89. The highest BCUT2D eigenvalue weighted by molar-refractivity contribution is 5.37. The van der Waals surface area contributed by atoms with Gasteiger partial charge in [-0.05, 0) is 68.8 Å². The molecule has 2 atom stereocenters. The summed E-state index contributed by atoms with van der Waals surface area (Å²) in [5, 5.41) is 0. The molecule has 2 nitrogen and oxygen atoms in total. The Labute approximate surface area is 110 Å². The Morgan fingerprint density at radius 1 is 1.06 bits per heavy atom. The van der Waals surface area contributed by atoms with Crippen LogP contribution in [0.4, 0.5) is 0 Å². The molecule has 2 heteroatoms. The zero-order valence-electron chi connectivity index (χ0n) is 11.4. The molecular formula is C16H24N2. The van der Waals surface area contributed by atoms with E-state index in [2.05, 4.69) is 30.0 Å². The smallest absolute Gasteiger partial charge is 0.0496 e. The largest absolute Gasteiger partial charge is 0.326 e. The van der Waals surface area contributed by atoms with Crippen LogP contribution in [0.1, 0.15) is 48.9 Å². The summed E-state index contributed by atoms with van der Waals surface area (Å²) in [6.07, 6.45) is 6.50. The summed E-state index contributed by atoms with van der Waals surface area (Å²) in [5.74, 6) is 0. The van der Waals surface area contributed by atoms with Gasteiger partial charge in [-0.1, -0.05) is 18.2 Å². The van der Waals surface area contributed by atoms with Crippen molar-refractivity contribution in [3.63, 3.8) is 0 Å². The van der Waals surface area contributed by atoms with E-state index in [-0.39, 0.29) is 6.04 Å². The van der Waals surface area contributed by atoms with Crippen molar-refractivity contribution in [3.05, 3.63) is 34.9 Å². The monoisotopic (exact) mass is 244 g/mol. The van der Waals surface area contributed by atoms with Gasteiger partial charge in [-0.3, -0.25) is 4.90 Å². The van der Waals surface area contributed by atoms with Gasteiger partial charge in [0.25, 0.3) is 0 Å². The Morgan fingerprint density at radius 2 is 1.78 bits per heavy atom. The zero-order chi connectivity index (χ0) is 12.5. The third kappa shape index (κ3) is 2.19. The number of hydrogen-bond donors (Lipinski definition) is 1. The van der Waals surface area contributed by atoms with Gasteiger partial charge in [0.05, 0.1) is 0 Å². The summed E-state index contributed by atoms with van der Waals surface area (Å²) in [5.41, 5.74) is 10.8. The average molecular weight is 244 g/mol. The van der Waals surface area contributed by atoms with E-state index in [1.54, 1.807) is 11.1 Å². The molecule has 1 aromatic rings. The molecule has 98 valence electrons. The number of fused-ring (bicyclic) bond motifs is 1. The lowest BCUT2D eigenvalue weighted by Gasteiger charge is -2.31. The highest BCUT2D eigenvalue weighted by Crippen LogP contribution is 2.31. The van der Waals surface area contributed by atoms with Crippen molar-refractivity contribution in [1.29, 1.82) is 0 Å². The zero-order valence-corrected chi connectivity index (χ0v) is 11.4. The molecule has 0 amide bonds. The molecule has 0 saturated carbocycles. The molecule has 18 heavy (non-hydrogen) atoms. The van der Waals surface area contributed by atoms with Gasteiger partial charge in [-0.15, -0.1) is 0 Å². The van der Waals surface area contributed by atoms with Gasteiger partial charge in [0.2, 0.25) is 0 Å². The molecular weight excluding hydrogens is 220 g/mol. The van der Waals surface area contributed by atoms with Crippen LogP contribution in [0.2, 0.25) is 0 Å². The number of likely N-dealkylation sites (tertiary alicyclic amines) is 1. The standard InChI is InChI=1S/C16H24N2/c1-12(17)16(18-9-2-3-10-18)15-8-7-13-5-4-6-14(13)11-15/h7-8,11-12,16H,2-6,9-10,17H2,1H3. The Morgan fingerprint density at radius 3 is 2.50 bits per heavy atom. The normalized spacial score (nSPS) is 23.0. The molecule has 2 aliphatic rings. The van der Waals surface area contributed by atoms with Crippen LogP contribution in [-0.4, -0.2) is 24.0 Å². The molecule has 1 aliphatic carbocycles. The fourth-order valence-corrected chi connectivity index (χ4v) is 3.64. The van der Waals surface area contributed by atoms with Crippen LogP contribution < -0.4 is 5.73 Å². The van der Waals surface area contributed by atoms with E-state index < -0.39 is 0 Å². The summed E-state index contributed by atoms with van der Waals surface area (Å²) >= 11 is 0. The van der Waals surface area contributed by atoms with Crippen molar-refractivity contribution in [2.24, 2.45) is 5.73 Å². The van der Waals surface area contributed by atoms with E-state index >= 15 is 0 Å². The van der Waals surface area contributed by atoms with E-state index in [4.69, 9.17) is 5.73 Å². The third-order valence-corrected chi connectivity index (χ3v) is 4.50. The van der Waals surface area contributed by atoms with Crippen molar-refractivity contribution < 1.29 is 0 Å². The molecule has 1 saturated heterocycles. The second-order valence-corrected chi connectivity index (χ2v) is 5.93. The molecule has 1 fully saturated rings. The van der Waals surface area contributed by atoms with E-state index in [0.29, 0.717) is 6.04 Å². The first-order valence-corrected chi connectivity index (χ1v) is 7.37. The summed E-state index contributed by atoms with van der Waals surface area (Å²) in [4.78, 5) is 2.57. The highest BCUT2D eigenvalue weighted by atomic mass is 15.2. The minimum absolute atomic E-state index is 0.211. The predicted molar refractivity (Wildman–Crippen MR) is 75.7 cm³/mol. The SMILES string of the molecule is CC(N)C(c1ccc2c(c1)CCC2)N1CCCC1. The molecule has 2 unspecified atom stereocenters. The minimum Gasteiger partial charge on any atom is -0.326 e. The van der Waals surface area contributed by atoms with Crippen LogP contribution >= 0.6 is 0 Å². The lowest BCUT2D eigenvalue weighted by Crippen LogP contribution is -2.37. The molecule has 2 N–H and O–H groups in total. The van der Waals surface area contributed by atoms with Gasteiger partial charge in [0.1, 0.15) is 0 Å². The summed E-state index contributed by atoms with van der Waals surface area (Å²) in [6, 6.07) is 7.70. The quantitative estimate of drug-likeness (QED) is 0.885. The number of rotatable bonds is 3. The first-order valence-electron chi connectivity index (χ1n) is 7.37. The second-order valence-electron chi connectivity index (χ2n) is 5.93. The van der Waals surface area contributed by atoms with Gasteiger partial charge in [0, 0.05) is 12.1 Å². The fourth-order valence-electron chi connectivity index (χ4n) is 3.64. The van der Waals surface area contributed by atoms with Crippen molar-refractivity contribution in [2.75, 3.05) is 13.1 Å². The number of nitrogens with zero attached hydrogens (tertiary/aromatic N) is 1.